The van der Waals surface area contributed by atoms with Crippen LogP contribution in [0, 0.1) is 12.8 Å². The summed E-state index contributed by atoms with van der Waals surface area (Å²) in [6.07, 6.45) is 22.7. The molecule has 0 spiro atoms. The van der Waals surface area contributed by atoms with E-state index in [4.69, 9.17) is 0 Å². The van der Waals surface area contributed by atoms with Crippen molar-refractivity contribution in [2.75, 3.05) is 0 Å². The predicted octanol–water partition coefficient (Wildman–Crippen LogP) is 7.72. The molecule has 0 aromatic heterocycles. The summed E-state index contributed by atoms with van der Waals surface area (Å²) >= 11 is 0. The van der Waals surface area contributed by atoms with Gasteiger partial charge in [-0.1, -0.05) is 124 Å². The van der Waals surface area contributed by atoms with Gasteiger partial charge >= 0.3 is 0 Å². The third-order valence-corrected chi connectivity index (χ3v) is 4.54. The number of hydrogen-bond donors (Lipinski definition) is 0. The van der Waals surface area contributed by atoms with E-state index in [0.29, 0.717) is 0 Å². The van der Waals surface area contributed by atoms with Gasteiger partial charge in [-0.15, -0.1) is 0 Å². The van der Waals surface area contributed by atoms with Crippen LogP contribution in [-0.4, -0.2) is 0 Å². The molecule has 0 aromatic carbocycles. The smallest absolute Gasteiger partial charge is 0.0414 e. The second-order valence-corrected chi connectivity index (χ2v) is 6.62. The molecular formula is C20H41. The lowest BCUT2D eigenvalue weighted by atomic mass is 9.90. The fourth-order valence-corrected chi connectivity index (χ4v) is 3.10. The van der Waals surface area contributed by atoms with Gasteiger partial charge in [0.25, 0.3) is 0 Å². The van der Waals surface area contributed by atoms with Gasteiger partial charge in [0.15, 0.2) is 0 Å². The lowest BCUT2D eigenvalue weighted by Gasteiger charge is -2.16. The van der Waals surface area contributed by atoms with Crippen LogP contribution in [0.3, 0.4) is 0 Å². The highest BCUT2D eigenvalue weighted by molar-refractivity contribution is 4.61. The van der Waals surface area contributed by atoms with E-state index in [1.165, 1.54) is 96.3 Å². The Hall–Kier alpha value is 0. The van der Waals surface area contributed by atoms with E-state index in [9.17, 15) is 0 Å². The minimum Gasteiger partial charge on any atom is -0.0654 e. The van der Waals surface area contributed by atoms with Crippen molar-refractivity contribution in [3.63, 3.8) is 0 Å². The van der Waals surface area contributed by atoms with Gasteiger partial charge in [-0.25, -0.2) is 0 Å². The molecule has 0 rings (SSSR count). The highest BCUT2D eigenvalue weighted by Crippen LogP contribution is 2.23. The molecule has 0 N–H and O–H groups in total. The zero-order valence-electron chi connectivity index (χ0n) is 14.6. The Bertz CT molecular complexity index is 153. The summed E-state index contributed by atoms with van der Waals surface area (Å²) in [5.41, 5.74) is 0. The molecule has 0 saturated carbocycles. The van der Waals surface area contributed by atoms with Gasteiger partial charge in [0.05, 0.1) is 0 Å². The van der Waals surface area contributed by atoms with E-state index in [0.717, 1.165) is 12.3 Å². The molecule has 0 saturated heterocycles. The highest BCUT2D eigenvalue weighted by Gasteiger charge is 2.07. The van der Waals surface area contributed by atoms with Crippen molar-refractivity contribution in [1.29, 1.82) is 0 Å². The largest absolute Gasteiger partial charge is 0.0654 e. The molecule has 0 bridgehead atoms. The zero-order valence-corrected chi connectivity index (χ0v) is 14.6. The summed E-state index contributed by atoms with van der Waals surface area (Å²) in [5.74, 6) is 1.00. The zero-order chi connectivity index (χ0) is 14.9. The van der Waals surface area contributed by atoms with Gasteiger partial charge < -0.3 is 0 Å². The molecule has 0 amide bonds. The van der Waals surface area contributed by atoms with E-state index in [2.05, 4.69) is 20.8 Å². The first-order valence-electron chi connectivity index (χ1n) is 9.64. The third-order valence-electron chi connectivity index (χ3n) is 4.54. The van der Waals surface area contributed by atoms with Gasteiger partial charge in [-0.2, -0.15) is 0 Å². The Morgan fingerprint density at radius 2 is 1.00 bits per heavy atom. The molecule has 0 aromatic rings. The monoisotopic (exact) mass is 281 g/mol. The molecule has 1 atom stereocenters. The first-order chi connectivity index (χ1) is 9.85. The second-order valence-electron chi connectivity index (χ2n) is 6.62. The SMILES string of the molecule is [CH2]CCCC(CCCC)CCCCCCCCCCC. The van der Waals surface area contributed by atoms with Crippen molar-refractivity contribution in [2.45, 2.75) is 117 Å². The van der Waals surface area contributed by atoms with Crippen LogP contribution >= 0.6 is 0 Å². The minimum absolute atomic E-state index is 1.00. The van der Waals surface area contributed by atoms with Gasteiger partial charge in [0, 0.05) is 0 Å². The maximum Gasteiger partial charge on any atom is -0.0414 e. The quantitative estimate of drug-likeness (QED) is 0.254. The molecule has 1 radical (unpaired) electrons. The first kappa shape index (κ1) is 20.0. The average Bonchev–Trinajstić information content (AvgIpc) is 2.47. The Labute approximate surface area is 130 Å². The molecule has 121 valence electrons. The fraction of sp³-hybridized carbons (Fsp3) is 0.950. The van der Waals surface area contributed by atoms with Crippen LogP contribution in [0.2, 0.25) is 0 Å². The summed E-state index contributed by atoms with van der Waals surface area (Å²) in [6.45, 7) is 8.60. The Balaban J connectivity index is 3.38. The summed E-state index contributed by atoms with van der Waals surface area (Å²) in [6, 6.07) is 0. The normalized spacial score (nSPS) is 11.4. The van der Waals surface area contributed by atoms with Crippen molar-refractivity contribution in [1.82, 2.24) is 0 Å². The Kier molecular flexibility index (Phi) is 17.1. The number of rotatable bonds is 16. The van der Waals surface area contributed by atoms with Gasteiger partial charge in [0.1, 0.15) is 0 Å². The fourth-order valence-electron chi connectivity index (χ4n) is 3.10. The van der Waals surface area contributed by atoms with Crippen LogP contribution in [0.25, 0.3) is 0 Å². The van der Waals surface area contributed by atoms with Crippen molar-refractivity contribution >= 4 is 0 Å². The highest BCUT2D eigenvalue weighted by atomic mass is 14.1. The molecule has 0 aliphatic heterocycles. The van der Waals surface area contributed by atoms with E-state index in [-0.39, 0.29) is 0 Å². The van der Waals surface area contributed by atoms with E-state index >= 15 is 0 Å². The lowest BCUT2D eigenvalue weighted by Crippen LogP contribution is -2.01. The third kappa shape index (κ3) is 14.4. The molecule has 0 heterocycles. The van der Waals surface area contributed by atoms with Gasteiger partial charge in [0.2, 0.25) is 0 Å². The van der Waals surface area contributed by atoms with Crippen LogP contribution in [0.5, 0.6) is 0 Å². The van der Waals surface area contributed by atoms with Crippen LogP contribution in [0.15, 0.2) is 0 Å². The van der Waals surface area contributed by atoms with Crippen molar-refractivity contribution in [3.05, 3.63) is 6.92 Å². The maximum atomic E-state index is 3.99. The molecule has 1 unspecified atom stereocenters. The molecule has 0 aliphatic carbocycles. The Morgan fingerprint density at radius 1 is 0.550 bits per heavy atom. The molecule has 0 heteroatoms. The number of unbranched alkanes of at least 4 members (excludes halogenated alkanes) is 10. The van der Waals surface area contributed by atoms with Crippen LogP contribution in [0.1, 0.15) is 117 Å². The van der Waals surface area contributed by atoms with Gasteiger partial charge in [-0.05, 0) is 5.92 Å². The molecular weight excluding hydrogens is 240 g/mol. The van der Waals surface area contributed by atoms with Crippen LogP contribution < -0.4 is 0 Å². The standard InChI is InChI=1S/C20H41/c1-4-7-10-11-12-13-14-15-16-19-20(17-8-5-2)18-9-6-3/h20H,2,4-19H2,1,3H3. The van der Waals surface area contributed by atoms with Crippen LogP contribution in [-0.2, 0) is 0 Å². The van der Waals surface area contributed by atoms with E-state index in [1.54, 1.807) is 0 Å². The average molecular weight is 282 g/mol. The predicted molar refractivity (Wildman–Crippen MR) is 94.1 cm³/mol. The summed E-state index contributed by atoms with van der Waals surface area (Å²) in [4.78, 5) is 0. The second kappa shape index (κ2) is 17.1. The van der Waals surface area contributed by atoms with Crippen LogP contribution in [0.4, 0.5) is 0 Å². The molecule has 0 fully saturated rings. The van der Waals surface area contributed by atoms with Crippen molar-refractivity contribution < 1.29 is 0 Å². The topological polar surface area (TPSA) is 0 Å². The molecule has 0 nitrogen and oxygen atoms in total. The van der Waals surface area contributed by atoms with Gasteiger partial charge in [-0.3, -0.25) is 0 Å². The summed E-state index contributed by atoms with van der Waals surface area (Å²) < 4.78 is 0. The molecule has 20 heavy (non-hydrogen) atoms. The maximum absolute atomic E-state index is 3.99. The minimum atomic E-state index is 1.00. The number of hydrogen-bond acceptors (Lipinski definition) is 0. The van der Waals surface area contributed by atoms with Crippen molar-refractivity contribution in [2.24, 2.45) is 5.92 Å². The molecule has 0 aliphatic rings. The van der Waals surface area contributed by atoms with E-state index < -0.39 is 0 Å². The Morgan fingerprint density at radius 3 is 1.55 bits per heavy atom. The van der Waals surface area contributed by atoms with E-state index in [1.807, 2.05) is 0 Å². The van der Waals surface area contributed by atoms with Crippen molar-refractivity contribution in [3.8, 4) is 0 Å². The summed E-state index contributed by atoms with van der Waals surface area (Å²) in [7, 11) is 0. The first-order valence-corrected chi connectivity index (χ1v) is 9.64. The summed E-state index contributed by atoms with van der Waals surface area (Å²) in [5, 5.41) is 0. The lowest BCUT2D eigenvalue weighted by molar-refractivity contribution is 0.378.